The molecule has 4 heteroatoms. The molecule has 128 valence electrons. The molecule has 24 heavy (non-hydrogen) atoms. The summed E-state index contributed by atoms with van der Waals surface area (Å²) in [4.78, 5) is 12.7. The minimum absolute atomic E-state index is 0.375. The van der Waals surface area contributed by atoms with Gasteiger partial charge in [-0.25, -0.2) is 4.79 Å². The lowest BCUT2D eigenvalue weighted by Gasteiger charge is -2.34. The molecule has 0 unspecified atom stereocenters. The van der Waals surface area contributed by atoms with Gasteiger partial charge in [-0.15, -0.1) is 0 Å². The van der Waals surface area contributed by atoms with Crippen molar-refractivity contribution in [1.29, 1.82) is 0 Å². The van der Waals surface area contributed by atoms with Gasteiger partial charge >= 0.3 is 5.97 Å². The van der Waals surface area contributed by atoms with Gasteiger partial charge in [-0.3, -0.25) is 0 Å². The standard InChI is InChI=1S/C20H22Cl2O2/c1-3-10-20(11-4-2,16-8-6-5-7-9-16)24-19(23)15-12-17(21)14-18(22)13-15/h5-9,12-14H,3-4,10-11H2,1-2H3. The van der Waals surface area contributed by atoms with Gasteiger partial charge < -0.3 is 4.74 Å². The van der Waals surface area contributed by atoms with Crippen LogP contribution in [0.5, 0.6) is 0 Å². The summed E-state index contributed by atoms with van der Waals surface area (Å²) in [5.41, 5.74) is 0.770. The summed E-state index contributed by atoms with van der Waals surface area (Å²) < 4.78 is 6.04. The first-order valence-corrected chi connectivity index (χ1v) is 9.01. The van der Waals surface area contributed by atoms with Crippen LogP contribution in [0, 0.1) is 0 Å². The van der Waals surface area contributed by atoms with Crippen LogP contribution in [0.25, 0.3) is 0 Å². The van der Waals surface area contributed by atoms with Gasteiger partial charge in [-0.05, 0) is 36.6 Å². The molecular formula is C20H22Cl2O2. The third kappa shape index (κ3) is 4.52. The van der Waals surface area contributed by atoms with E-state index < -0.39 is 11.6 Å². The third-order valence-corrected chi connectivity index (χ3v) is 4.43. The molecule has 0 bridgehead atoms. The number of ether oxygens (including phenoxy) is 1. The van der Waals surface area contributed by atoms with E-state index in [1.54, 1.807) is 18.2 Å². The molecule has 0 spiro atoms. The second-order valence-electron chi connectivity index (χ2n) is 5.91. The second-order valence-corrected chi connectivity index (χ2v) is 6.78. The zero-order valence-electron chi connectivity index (χ0n) is 14.0. The van der Waals surface area contributed by atoms with Crippen molar-refractivity contribution in [3.63, 3.8) is 0 Å². The highest BCUT2D eigenvalue weighted by molar-refractivity contribution is 6.35. The van der Waals surface area contributed by atoms with Crippen molar-refractivity contribution < 1.29 is 9.53 Å². The maximum Gasteiger partial charge on any atom is 0.339 e. The van der Waals surface area contributed by atoms with E-state index in [2.05, 4.69) is 13.8 Å². The molecule has 0 atom stereocenters. The van der Waals surface area contributed by atoms with Crippen molar-refractivity contribution in [3.05, 3.63) is 69.7 Å². The van der Waals surface area contributed by atoms with Crippen LogP contribution < -0.4 is 0 Å². The maximum absolute atomic E-state index is 12.7. The Bertz CT molecular complexity index is 657. The number of hydrogen-bond donors (Lipinski definition) is 0. The predicted molar refractivity (Wildman–Crippen MR) is 99.8 cm³/mol. The van der Waals surface area contributed by atoms with Gasteiger partial charge in [-0.2, -0.15) is 0 Å². The van der Waals surface area contributed by atoms with Crippen molar-refractivity contribution >= 4 is 29.2 Å². The average Bonchev–Trinajstić information content (AvgIpc) is 2.55. The second kappa shape index (κ2) is 8.55. The largest absolute Gasteiger partial charge is 0.451 e. The summed E-state index contributed by atoms with van der Waals surface area (Å²) >= 11 is 12.0. The number of rotatable bonds is 7. The summed E-state index contributed by atoms with van der Waals surface area (Å²) in [6.07, 6.45) is 3.37. The Morgan fingerprint density at radius 3 is 2.00 bits per heavy atom. The van der Waals surface area contributed by atoms with Gasteiger partial charge in [0.2, 0.25) is 0 Å². The molecule has 0 saturated carbocycles. The molecule has 2 aromatic carbocycles. The van der Waals surface area contributed by atoms with Crippen LogP contribution in [0.3, 0.4) is 0 Å². The molecule has 0 heterocycles. The first-order valence-electron chi connectivity index (χ1n) is 8.25. The first kappa shape index (κ1) is 18.8. The molecule has 0 aliphatic rings. The fraction of sp³-hybridized carbons (Fsp3) is 0.350. The van der Waals surface area contributed by atoms with E-state index in [9.17, 15) is 4.79 Å². The van der Waals surface area contributed by atoms with Gasteiger partial charge in [0.05, 0.1) is 5.56 Å². The van der Waals surface area contributed by atoms with Crippen molar-refractivity contribution in [1.82, 2.24) is 0 Å². The van der Waals surface area contributed by atoms with Crippen molar-refractivity contribution in [2.24, 2.45) is 0 Å². The summed E-state index contributed by atoms with van der Waals surface area (Å²) in [6.45, 7) is 4.19. The molecule has 0 aromatic heterocycles. The minimum atomic E-state index is -0.628. The monoisotopic (exact) mass is 364 g/mol. The molecule has 0 saturated heterocycles. The van der Waals surface area contributed by atoms with Gasteiger partial charge in [0.15, 0.2) is 0 Å². The average molecular weight is 365 g/mol. The number of benzene rings is 2. The third-order valence-electron chi connectivity index (χ3n) is 3.99. The Kier molecular flexibility index (Phi) is 6.70. The SMILES string of the molecule is CCCC(CCC)(OC(=O)c1cc(Cl)cc(Cl)c1)c1ccccc1. The normalized spacial score (nSPS) is 11.3. The highest BCUT2D eigenvalue weighted by Crippen LogP contribution is 2.37. The fourth-order valence-electron chi connectivity index (χ4n) is 3.03. The van der Waals surface area contributed by atoms with Crippen molar-refractivity contribution in [2.75, 3.05) is 0 Å². The number of carbonyl (C=O) groups excluding carboxylic acids is 1. The molecule has 0 aliphatic heterocycles. The molecule has 2 aromatic rings. The van der Waals surface area contributed by atoms with E-state index in [1.165, 1.54) is 0 Å². The minimum Gasteiger partial charge on any atom is -0.451 e. The molecule has 2 rings (SSSR count). The highest BCUT2D eigenvalue weighted by atomic mass is 35.5. The topological polar surface area (TPSA) is 26.3 Å². The summed E-state index contributed by atoms with van der Waals surface area (Å²) in [5, 5.41) is 0.844. The predicted octanol–water partition coefficient (Wildman–Crippen LogP) is 6.65. The lowest BCUT2D eigenvalue weighted by molar-refractivity contribution is -0.0321. The Balaban J connectivity index is 2.38. The fourth-order valence-corrected chi connectivity index (χ4v) is 3.56. The van der Waals surface area contributed by atoms with Crippen molar-refractivity contribution in [2.45, 2.75) is 45.1 Å². The van der Waals surface area contributed by atoms with Crippen LogP contribution in [-0.4, -0.2) is 5.97 Å². The number of carbonyl (C=O) groups is 1. The van der Waals surface area contributed by atoms with Crippen LogP contribution in [-0.2, 0) is 10.3 Å². The quantitative estimate of drug-likeness (QED) is 0.514. The summed E-state index contributed by atoms with van der Waals surface area (Å²) in [6, 6.07) is 14.7. The van der Waals surface area contributed by atoms with Crippen LogP contribution in [0.15, 0.2) is 48.5 Å². The van der Waals surface area contributed by atoms with E-state index in [1.807, 2.05) is 30.3 Å². The van der Waals surface area contributed by atoms with E-state index in [0.717, 1.165) is 31.2 Å². The van der Waals surface area contributed by atoms with Crippen LogP contribution in [0.4, 0.5) is 0 Å². The molecule has 0 amide bonds. The van der Waals surface area contributed by atoms with E-state index >= 15 is 0 Å². The zero-order chi connectivity index (χ0) is 17.6. The number of hydrogen-bond acceptors (Lipinski definition) is 2. The van der Waals surface area contributed by atoms with E-state index in [4.69, 9.17) is 27.9 Å². The molecular weight excluding hydrogens is 343 g/mol. The smallest absolute Gasteiger partial charge is 0.339 e. The first-order chi connectivity index (χ1) is 11.5. The Labute approximate surface area is 153 Å². The Morgan fingerprint density at radius 1 is 0.958 bits per heavy atom. The molecule has 0 fully saturated rings. The molecule has 0 aliphatic carbocycles. The molecule has 0 N–H and O–H groups in total. The number of halogens is 2. The summed E-state index contributed by atoms with van der Waals surface area (Å²) in [7, 11) is 0. The van der Waals surface area contributed by atoms with E-state index in [0.29, 0.717) is 15.6 Å². The van der Waals surface area contributed by atoms with Gasteiger partial charge in [0, 0.05) is 10.0 Å². The lowest BCUT2D eigenvalue weighted by Crippen LogP contribution is -2.32. The molecule has 0 radical (unpaired) electrons. The van der Waals surface area contributed by atoms with Gasteiger partial charge in [-0.1, -0.05) is 80.2 Å². The summed E-state index contributed by atoms with van der Waals surface area (Å²) in [5.74, 6) is -0.398. The Hall–Kier alpha value is -1.51. The van der Waals surface area contributed by atoms with E-state index in [-0.39, 0.29) is 0 Å². The van der Waals surface area contributed by atoms with Crippen LogP contribution in [0.1, 0.15) is 55.5 Å². The number of esters is 1. The van der Waals surface area contributed by atoms with Crippen LogP contribution in [0.2, 0.25) is 10.0 Å². The zero-order valence-corrected chi connectivity index (χ0v) is 15.5. The van der Waals surface area contributed by atoms with Crippen molar-refractivity contribution in [3.8, 4) is 0 Å². The Morgan fingerprint density at radius 2 is 1.50 bits per heavy atom. The van der Waals surface area contributed by atoms with Gasteiger partial charge in [0.1, 0.15) is 5.60 Å². The van der Waals surface area contributed by atoms with Crippen LogP contribution >= 0.6 is 23.2 Å². The molecule has 2 nitrogen and oxygen atoms in total. The maximum atomic E-state index is 12.7. The highest BCUT2D eigenvalue weighted by Gasteiger charge is 2.35. The van der Waals surface area contributed by atoms with Gasteiger partial charge in [0.25, 0.3) is 0 Å². The lowest BCUT2D eigenvalue weighted by atomic mass is 9.85.